The predicted molar refractivity (Wildman–Crippen MR) is 54.5 cm³/mol. The fourth-order valence-electron chi connectivity index (χ4n) is 0.512. The quantitative estimate of drug-likeness (QED) is 0.414. The van der Waals surface area contributed by atoms with Crippen molar-refractivity contribution in [1.82, 2.24) is 0 Å². The van der Waals surface area contributed by atoms with Gasteiger partial charge < -0.3 is 0 Å². The van der Waals surface area contributed by atoms with E-state index >= 15 is 0 Å². The van der Waals surface area contributed by atoms with Gasteiger partial charge in [0.25, 0.3) is 10.1 Å². The van der Waals surface area contributed by atoms with E-state index in [0.29, 0.717) is 6.42 Å². The molecule has 0 amide bonds. The van der Waals surface area contributed by atoms with Crippen LogP contribution in [0.2, 0.25) is 0 Å². The monoisotopic (exact) mass is 212 g/mol. The van der Waals surface area contributed by atoms with Crippen molar-refractivity contribution in [2.75, 3.05) is 0 Å². The second kappa shape index (κ2) is 10.7. The average Bonchev–Trinajstić information content (AvgIpc) is 1.78. The van der Waals surface area contributed by atoms with Crippen LogP contribution in [0.3, 0.4) is 0 Å². The normalized spacial score (nSPS) is 10.5. The average molecular weight is 212 g/mol. The standard InChI is InChI=1S/C6H12O3S.2Na.2H/c1-2-3-4-5-6-10(7,8)9;;;;/h5-6H,2-4H2,1H3,(H,7,8,9);;;;. The fourth-order valence-corrected chi connectivity index (χ4v) is 0.891. The van der Waals surface area contributed by atoms with Crippen LogP contribution in [0.4, 0.5) is 0 Å². The van der Waals surface area contributed by atoms with Crippen LogP contribution in [0.25, 0.3) is 0 Å². The Labute approximate surface area is 118 Å². The summed E-state index contributed by atoms with van der Waals surface area (Å²) in [7, 11) is -3.89. The summed E-state index contributed by atoms with van der Waals surface area (Å²) in [6.45, 7) is 2.02. The van der Waals surface area contributed by atoms with Crippen molar-refractivity contribution in [2.45, 2.75) is 26.2 Å². The van der Waals surface area contributed by atoms with Crippen LogP contribution in [-0.2, 0) is 10.1 Å². The summed E-state index contributed by atoms with van der Waals surface area (Å²) >= 11 is 0. The Hall–Kier alpha value is 1.65. The second-order valence-electron chi connectivity index (χ2n) is 2.03. The van der Waals surface area contributed by atoms with E-state index in [9.17, 15) is 8.42 Å². The third-order valence-electron chi connectivity index (χ3n) is 0.993. The Morgan fingerprint density at radius 2 is 1.83 bits per heavy atom. The minimum absolute atomic E-state index is 0. The van der Waals surface area contributed by atoms with E-state index in [2.05, 4.69) is 0 Å². The van der Waals surface area contributed by atoms with E-state index in [1.807, 2.05) is 6.92 Å². The van der Waals surface area contributed by atoms with E-state index in [1.54, 1.807) is 0 Å². The molecular weight excluding hydrogens is 198 g/mol. The number of hydrogen-bond donors (Lipinski definition) is 1. The van der Waals surface area contributed by atoms with Crippen molar-refractivity contribution in [3.63, 3.8) is 0 Å². The van der Waals surface area contributed by atoms with Gasteiger partial charge in [0, 0.05) is 0 Å². The zero-order valence-electron chi connectivity index (χ0n) is 5.95. The summed E-state index contributed by atoms with van der Waals surface area (Å²) in [5.74, 6) is 0. The van der Waals surface area contributed by atoms with Crippen molar-refractivity contribution < 1.29 is 13.0 Å². The van der Waals surface area contributed by atoms with E-state index in [-0.39, 0.29) is 59.1 Å². The van der Waals surface area contributed by atoms with E-state index in [1.165, 1.54) is 6.08 Å². The van der Waals surface area contributed by atoms with Gasteiger partial charge in [0.05, 0.1) is 5.41 Å². The van der Waals surface area contributed by atoms with Gasteiger partial charge in [0.15, 0.2) is 0 Å². The fraction of sp³-hybridized carbons (Fsp3) is 0.667. The van der Waals surface area contributed by atoms with Crippen LogP contribution in [0.15, 0.2) is 11.5 Å². The molecule has 0 rings (SSSR count). The Morgan fingerprint density at radius 1 is 1.33 bits per heavy atom. The molecule has 0 fully saturated rings. The first kappa shape index (κ1) is 19.3. The first-order valence-electron chi connectivity index (χ1n) is 3.20. The summed E-state index contributed by atoms with van der Waals surface area (Å²) in [4.78, 5) is 0. The number of allylic oxidation sites excluding steroid dienone is 1. The molecule has 64 valence electrons. The van der Waals surface area contributed by atoms with E-state index in [4.69, 9.17) is 4.55 Å². The van der Waals surface area contributed by atoms with Crippen LogP contribution in [0.1, 0.15) is 26.2 Å². The van der Waals surface area contributed by atoms with Crippen LogP contribution < -0.4 is 0 Å². The molecule has 0 spiro atoms. The third kappa shape index (κ3) is 17.7. The molecule has 0 aliphatic rings. The molecule has 0 saturated carbocycles. The Kier molecular flexibility index (Phi) is 17.2. The second-order valence-corrected chi connectivity index (χ2v) is 3.33. The first-order chi connectivity index (χ1) is 4.56. The summed E-state index contributed by atoms with van der Waals surface area (Å²) in [5.41, 5.74) is 0. The summed E-state index contributed by atoms with van der Waals surface area (Å²) in [6.07, 6.45) is 4.14. The van der Waals surface area contributed by atoms with Gasteiger partial charge in [-0.25, -0.2) is 0 Å². The molecule has 0 aromatic rings. The molecule has 0 radical (unpaired) electrons. The van der Waals surface area contributed by atoms with Crippen LogP contribution >= 0.6 is 0 Å². The van der Waals surface area contributed by atoms with Crippen LogP contribution in [0.5, 0.6) is 0 Å². The maximum atomic E-state index is 10.1. The molecule has 0 unspecified atom stereocenters. The zero-order valence-corrected chi connectivity index (χ0v) is 6.76. The molecule has 0 atom stereocenters. The van der Waals surface area contributed by atoms with Crippen molar-refractivity contribution in [2.24, 2.45) is 0 Å². The molecule has 0 aromatic carbocycles. The topological polar surface area (TPSA) is 54.4 Å². The van der Waals surface area contributed by atoms with Gasteiger partial charge in [0.2, 0.25) is 0 Å². The van der Waals surface area contributed by atoms with Crippen LogP contribution in [0, 0.1) is 0 Å². The van der Waals surface area contributed by atoms with Gasteiger partial charge in [-0.2, -0.15) is 8.42 Å². The van der Waals surface area contributed by atoms with Gasteiger partial charge in [-0.05, 0) is 6.42 Å². The Bertz CT molecular complexity index is 199. The van der Waals surface area contributed by atoms with Gasteiger partial charge in [-0.1, -0.05) is 25.8 Å². The summed E-state index contributed by atoms with van der Waals surface area (Å²) < 4.78 is 28.3. The van der Waals surface area contributed by atoms with Gasteiger partial charge >= 0.3 is 59.1 Å². The summed E-state index contributed by atoms with van der Waals surface area (Å²) in [6, 6.07) is 0. The van der Waals surface area contributed by atoms with Crippen molar-refractivity contribution >= 4 is 69.2 Å². The molecule has 0 saturated heterocycles. The minimum atomic E-state index is -3.89. The Morgan fingerprint density at radius 3 is 2.17 bits per heavy atom. The van der Waals surface area contributed by atoms with Crippen molar-refractivity contribution in [1.29, 1.82) is 0 Å². The zero-order chi connectivity index (χ0) is 8.04. The summed E-state index contributed by atoms with van der Waals surface area (Å²) in [5, 5.41) is 0.822. The van der Waals surface area contributed by atoms with Gasteiger partial charge in [-0.3, -0.25) is 4.55 Å². The molecule has 0 heterocycles. The maximum absolute atomic E-state index is 10.1. The molecule has 6 heteroatoms. The van der Waals surface area contributed by atoms with E-state index < -0.39 is 10.1 Å². The molecule has 3 nitrogen and oxygen atoms in total. The molecule has 1 N–H and O–H groups in total. The molecule has 0 aromatic heterocycles. The Balaban J connectivity index is -0.000000405. The molecule has 12 heavy (non-hydrogen) atoms. The number of unbranched alkanes of at least 4 members (excludes halogenated alkanes) is 2. The van der Waals surface area contributed by atoms with Gasteiger partial charge in [-0.15, -0.1) is 0 Å². The van der Waals surface area contributed by atoms with Gasteiger partial charge in [0.1, 0.15) is 0 Å². The van der Waals surface area contributed by atoms with Crippen LogP contribution in [-0.4, -0.2) is 72.1 Å². The van der Waals surface area contributed by atoms with Crippen molar-refractivity contribution in [3.8, 4) is 0 Å². The van der Waals surface area contributed by atoms with E-state index in [0.717, 1.165) is 18.2 Å². The molecule has 0 aliphatic carbocycles. The molecule has 0 aliphatic heterocycles. The predicted octanol–water partition coefficient (Wildman–Crippen LogP) is 0.281. The molecular formula is C6H14Na2O3S. The van der Waals surface area contributed by atoms with Crippen molar-refractivity contribution in [3.05, 3.63) is 11.5 Å². The SMILES string of the molecule is CCCCC=CS(=O)(=O)O.[NaH].[NaH]. The number of hydrogen-bond acceptors (Lipinski definition) is 2. The number of rotatable bonds is 4. The molecule has 0 bridgehead atoms. The third-order valence-corrected chi connectivity index (χ3v) is 1.53. The first-order valence-corrected chi connectivity index (χ1v) is 4.70.